The van der Waals surface area contributed by atoms with Crippen LogP contribution in [0.15, 0.2) is 72.8 Å². The molecule has 28 heavy (non-hydrogen) atoms. The predicted octanol–water partition coefficient (Wildman–Crippen LogP) is 4.88. The van der Waals surface area contributed by atoms with Crippen LogP contribution in [0.3, 0.4) is 0 Å². The fourth-order valence-electron chi connectivity index (χ4n) is 3.51. The smallest absolute Gasteiger partial charge is 0.265 e. The molecule has 3 aromatic rings. The average molecular weight is 399 g/mol. The Morgan fingerprint density at radius 2 is 1.61 bits per heavy atom. The highest BCUT2D eigenvalue weighted by Gasteiger charge is 2.24. The van der Waals surface area contributed by atoms with Gasteiger partial charge in [0, 0.05) is 5.92 Å². The van der Waals surface area contributed by atoms with Crippen molar-refractivity contribution in [2.75, 3.05) is 5.75 Å². The van der Waals surface area contributed by atoms with E-state index in [4.69, 9.17) is 4.74 Å². The Bertz CT molecular complexity index is 994. The molecule has 0 aliphatic heterocycles. The molecule has 0 radical (unpaired) electrons. The molecule has 1 N–H and O–H groups in total. The number of rotatable bonds is 9. The minimum Gasteiger partial charge on any atom is -0.374 e. The zero-order valence-electron chi connectivity index (χ0n) is 16.0. The van der Waals surface area contributed by atoms with E-state index in [-0.39, 0.29) is 17.8 Å². The lowest BCUT2D eigenvalue weighted by atomic mass is 9.94. The Morgan fingerprint density at radius 3 is 2.36 bits per heavy atom. The summed E-state index contributed by atoms with van der Waals surface area (Å²) in [6.07, 6.45) is 1.04. The van der Waals surface area contributed by atoms with Gasteiger partial charge < -0.3 is 4.74 Å². The highest BCUT2D eigenvalue weighted by atomic mass is 32.2. The minimum absolute atomic E-state index is 0.294. The molecule has 0 aliphatic carbocycles. The van der Waals surface area contributed by atoms with Crippen molar-refractivity contribution < 1.29 is 17.7 Å². The summed E-state index contributed by atoms with van der Waals surface area (Å²) in [5.74, 6) is -0.592. The molecule has 0 aromatic heterocycles. The van der Waals surface area contributed by atoms with Gasteiger partial charge in [0.2, 0.25) is 0 Å². The van der Waals surface area contributed by atoms with Gasteiger partial charge in [0.05, 0.1) is 18.5 Å². The van der Waals surface area contributed by atoms with E-state index in [0.717, 1.165) is 12.0 Å². The van der Waals surface area contributed by atoms with Gasteiger partial charge in [-0.3, -0.25) is 4.55 Å². The van der Waals surface area contributed by atoms with Crippen LogP contribution in [0, 0.1) is 5.92 Å². The molecule has 148 valence electrons. The minimum atomic E-state index is -4.08. The molecule has 0 aliphatic rings. The van der Waals surface area contributed by atoms with Gasteiger partial charge in [0.15, 0.2) is 0 Å². The number of fused-ring (bicyclic) bond motifs is 1. The Balaban J connectivity index is 1.70. The normalized spacial score (nSPS) is 14.1. The van der Waals surface area contributed by atoms with Crippen molar-refractivity contribution in [2.24, 2.45) is 5.92 Å². The van der Waals surface area contributed by atoms with Crippen molar-refractivity contribution in [3.05, 3.63) is 83.9 Å². The molecule has 3 aromatic carbocycles. The van der Waals surface area contributed by atoms with Crippen LogP contribution in [-0.2, 0) is 27.9 Å². The molecule has 0 unspecified atom stereocenters. The fraction of sp³-hybridized carbons (Fsp3) is 0.304. The van der Waals surface area contributed by atoms with Gasteiger partial charge in [0.1, 0.15) is 0 Å². The zero-order chi connectivity index (χ0) is 20.0. The molecule has 3 rings (SSSR count). The highest BCUT2D eigenvalue weighted by molar-refractivity contribution is 7.85. The first-order valence-electron chi connectivity index (χ1n) is 9.50. The molecular formula is C23H26O4S. The predicted molar refractivity (Wildman–Crippen MR) is 113 cm³/mol. The van der Waals surface area contributed by atoms with Gasteiger partial charge in [-0.05, 0) is 41.7 Å². The van der Waals surface area contributed by atoms with Crippen molar-refractivity contribution >= 4 is 20.9 Å². The third-order valence-electron chi connectivity index (χ3n) is 5.11. The van der Waals surface area contributed by atoms with Crippen molar-refractivity contribution in [1.82, 2.24) is 0 Å². The third kappa shape index (κ3) is 5.89. The number of hydrogen-bond donors (Lipinski definition) is 1. The third-order valence-corrected chi connectivity index (χ3v) is 5.96. The first-order valence-corrected chi connectivity index (χ1v) is 11.1. The van der Waals surface area contributed by atoms with Gasteiger partial charge in [-0.25, -0.2) is 0 Å². The zero-order valence-corrected chi connectivity index (χ0v) is 16.8. The SMILES string of the molecule is C[C@H](OCc1ccccc1)[C@@H](CCc1cccc2ccccc12)CS(=O)(=O)O. The van der Waals surface area contributed by atoms with E-state index in [1.807, 2.05) is 55.5 Å². The number of hydrogen-bond acceptors (Lipinski definition) is 3. The fourth-order valence-corrected chi connectivity index (χ4v) is 4.49. The number of aryl methyl sites for hydroxylation is 1. The second-order valence-corrected chi connectivity index (χ2v) is 8.68. The van der Waals surface area contributed by atoms with Gasteiger partial charge >= 0.3 is 0 Å². The Hall–Kier alpha value is -2.21. The van der Waals surface area contributed by atoms with E-state index >= 15 is 0 Å². The van der Waals surface area contributed by atoms with Crippen LogP contribution < -0.4 is 0 Å². The molecule has 0 fully saturated rings. The number of benzene rings is 3. The molecule has 0 heterocycles. The summed E-state index contributed by atoms with van der Waals surface area (Å²) in [5, 5.41) is 2.34. The van der Waals surface area contributed by atoms with Crippen LogP contribution in [0.4, 0.5) is 0 Å². The lowest BCUT2D eigenvalue weighted by Gasteiger charge is -2.23. The molecule has 0 saturated carbocycles. The van der Waals surface area contributed by atoms with Crippen LogP contribution in [-0.4, -0.2) is 24.8 Å². The van der Waals surface area contributed by atoms with E-state index in [1.165, 1.54) is 16.3 Å². The maximum atomic E-state index is 11.5. The molecular weight excluding hydrogens is 372 g/mol. The first-order chi connectivity index (χ1) is 13.4. The summed E-state index contributed by atoms with van der Waals surface area (Å²) in [6, 6.07) is 24.1. The van der Waals surface area contributed by atoms with E-state index in [1.54, 1.807) is 0 Å². The van der Waals surface area contributed by atoms with Crippen LogP contribution in [0.5, 0.6) is 0 Å². The second-order valence-electron chi connectivity index (χ2n) is 7.19. The summed E-state index contributed by atoms with van der Waals surface area (Å²) in [5.41, 5.74) is 2.21. The lowest BCUT2D eigenvalue weighted by Crippen LogP contribution is -2.28. The Morgan fingerprint density at radius 1 is 0.929 bits per heavy atom. The summed E-state index contributed by atoms with van der Waals surface area (Å²) >= 11 is 0. The standard InChI is InChI=1S/C23H26O4S/c1-18(27-16-19-8-3-2-4-9-19)22(17-28(24,25)26)15-14-21-12-7-11-20-10-5-6-13-23(20)21/h2-13,18,22H,14-17H2,1H3,(H,24,25,26)/t18-,22-/m0/s1. The molecule has 5 heteroatoms. The summed E-state index contributed by atoms with van der Waals surface area (Å²) in [7, 11) is -4.08. The lowest BCUT2D eigenvalue weighted by molar-refractivity contribution is 0.0167. The van der Waals surface area contributed by atoms with E-state index in [2.05, 4.69) is 24.3 Å². The average Bonchev–Trinajstić information content (AvgIpc) is 2.69. The van der Waals surface area contributed by atoms with Crippen LogP contribution in [0.1, 0.15) is 24.5 Å². The van der Waals surface area contributed by atoms with E-state index < -0.39 is 10.1 Å². The molecule has 0 amide bonds. The van der Waals surface area contributed by atoms with Gasteiger partial charge in [-0.15, -0.1) is 0 Å². The summed E-state index contributed by atoms with van der Waals surface area (Å²) in [4.78, 5) is 0. The van der Waals surface area contributed by atoms with Crippen LogP contribution in [0.2, 0.25) is 0 Å². The quantitative estimate of drug-likeness (QED) is 0.522. The van der Waals surface area contributed by atoms with Crippen LogP contribution >= 0.6 is 0 Å². The molecule has 0 spiro atoms. The van der Waals surface area contributed by atoms with E-state index in [9.17, 15) is 13.0 Å². The first kappa shape index (κ1) is 20.5. The topological polar surface area (TPSA) is 63.6 Å². The van der Waals surface area contributed by atoms with Crippen molar-refractivity contribution in [3.8, 4) is 0 Å². The summed E-state index contributed by atoms with van der Waals surface area (Å²) < 4.78 is 38.4. The maximum Gasteiger partial charge on any atom is 0.265 e. The number of ether oxygens (including phenoxy) is 1. The molecule has 4 nitrogen and oxygen atoms in total. The molecule has 2 atom stereocenters. The maximum absolute atomic E-state index is 11.5. The molecule has 0 bridgehead atoms. The largest absolute Gasteiger partial charge is 0.374 e. The Kier molecular flexibility index (Phi) is 6.83. The second kappa shape index (κ2) is 9.32. The van der Waals surface area contributed by atoms with Crippen molar-refractivity contribution in [2.45, 2.75) is 32.5 Å². The van der Waals surface area contributed by atoms with Gasteiger partial charge in [-0.2, -0.15) is 8.42 Å². The molecule has 0 saturated heterocycles. The van der Waals surface area contributed by atoms with Crippen molar-refractivity contribution in [1.29, 1.82) is 0 Å². The van der Waals surface area contributed by atoms with Crippen LogP contribution in [0.25, 0.3) is 10.8 Å². The van der Waals surface area contributed by atoms with E-state index in [0.29, 0.717) is 13.0 Å². The Labute approximate surface area is 166 Å². The highest BCUT2D eigenvalue weighted by Crippen LogP contribution is 2.24. The monoisotopic (exact) mass is 398 g/mol. The van der Waals surface area contributed by atoms with Gasteiger partial charge in [0.25, 0.3) is 10.1 Å². The summed E-state index contributed by atoms with van der Waals surface area (Å²) in [6.45, 7) is 2.29. The van der Waals surface area contributed by atoms with Crippen molar-refractivity contribution in [3.63, 3.8) is 0 Å². The van der Waals surface area contributed by atoms with Gasteiger partial charge in [-0.1, -0.05) is 72.8 Å².